The minimum atomic E-state index is -0.746. The van der Waals surface area contributed by atoms with Gasteiger partial charge in [0.15, 0.2) is 11.6 Å². The van der Waals surface area contributed by atoms with Gasteiger partial charge < -0.3 is 0 Å². The second kappa shape index (κ2) is 10.8. The zero-order chi connectivity index (χ0) is 21.5. The van der Waals surface area contributed by atoms with Crippen LogP contribution in [0.15, 0.2) is 36.4 Å². The first-order valence-corrected chi connectivity index (χ1v) is 11.5. The first kappa shape index (κ1) is 22.7. The van der Waals surface area contributed by atoms with Gasteiger partial charge in [-0.1, -0.05) is 63.1 Å². The molecule has 3 rings (SSSR count). The van der Waals surface area contributed by atoms with E-state index in [0.29, 0.717) is 29.4 Å². The van der Waals surface area contributed by atoms with Gasteiger partial charge in [-0.2, -0.15) is 0 Å². The van der Waals surface area contributed by atoms with E-state index in [2.05, 4.69) is 13.0 Å². The van der Waals surface area contributed by atoms with Gasteiger partial charge in [0, 0.05) is 5.56 Å². The molecule has 0 amide bonds. The lowest BCUT2D eigenvalue weighted by Crippen LogP contribution is -2.12. The summed E-state index contributed by atoms with van der Waals surface area (Å²) in [6.45, 7) is 4.07. The lowest BCUT2D eigenvalue weighted by Gasteiger charge is -2.27. The molecule has 0 aliphatic heterocycles. The Hall–Kier alpha value is -2.03. The fourth-order valence-electron chi connectivity index (χ4n) is 4.47. The van der Waals surface area contributed by atoms with E-state index in [4.69, 9.17) is 0 Å². The number of halogens is 3. The van der Waals surface area contributed by atoms with Gasteiger partial charge in [-0.25, -0.2) is 13.2 Å². The summed E-state index contributed by atoms with van der Waals surface area (Å²) in [7, 11) is 0. The van der Waals surface area contributed by atoms with Crippen LogP contribution in [0.1, 0.15) is 87.0 Å². The average Bonchev–Trinajstić information content (AvgIpc) is 2.76. The highest BCUT2D eigenvalue weighted by atomic mass is 19.2. The molecule has 1 saturated carbocycles. The van der Waals surface area contributed by atoms with Crippen LogP contribution in [0.2, 0.25) is 0 Å². The molecule has 0 spiro atoms. The van der Waals surface area contributed by atoms with E-state index in [1.807, 2.05) is 19.1 Å². The van der Waals surface area contributed by atoms with Crippen LogP contribution in [0.3, 0.4) is 0 Å². The lowest BCUT2D eigenvalue weighted by molar-refractivity contribution is 0.376. The van der Waals surface area contributed by atoms with Crippen molar-refractivity contribution < 1.29 is 13.2 Å². The van der Waals surface area contributed by atoms with E-state index in [0.717, 1.165) is 62.5 Å². The maximum Gasteiger partial charge on any atom is 0.166 e. The molecule has 0 aromatic heterocycles. The van der Waals surface area contributed by atoms with Crippen molar-refractivity contribution in [1.82, 2.24) is 0 Å². The lowest BCUT2D eigenvalue weighted by atomic mass is 9.78. The van der Waals surface area contributed by atoms with Gasteiger partial charge in [-0.05, 0) is 79.5 Å². The number of allylic oxidation sites excluding steroid dienone is 1. The molecule has 2 aromatic rings. The summed E-state index contributed by atoms with van der Waals surface area (Å²) in [5.74, 6) is -0.803. The standard InChI is InChI=1S/C27H33F3/c1-3-5-7-21-14-17-24(18-25(21)28)20-11-8-19(9-12-20)10-13-23-16-15-22(6-4-2)26(29)27(23)30/h10,13-20H,3-9,11-12H2,1-2H3/b13-10+. The zero-order valence-electron chi connectivity index (χ0n) is 18.2. The van der Waals surface area contributed by atoms with Crippen LogP contribution in [0.4, 0.5) is 13.2 Å². The minimum absolute atomic E-state index is 0.0769. The summed E-state index contributed by atoms with van der Waals surface area (Å²) in [5.41, 5.74) is 2.67. The highest BCUT2D eigenvalue weighted by Gasteiger charge is 2.22. The van der Waals surface area contributed by atoms with Crippen LogP contribution < -0.4 is 0 Å². The third kappa shape index (κ3) is 5.56. The molecule has 0 radical (unpaired) electrons. The monoisotopic (exact) mass is 414 g/mol. The van der Waals surface area contributed by atoms with Gasteiger partial charge in [0.25, 0.3) is 0 Å². The Labute approximate surface area is 179 Å². The molecule has 0 bridgehead atoms. The van der Waals surface area contributed by atoms with E-state index in [1.165, 1.54) is 0 Å². The first-order valence-electron chi connectivity index (χ1n) is 11.5. The highest BCUT2D eigenvalue weighted by Crippen LogP contribution is 2.37. The number of aryl methyl sites for hydroxylation is 2. The molecule has 1 aliphatic rings. The maximum absolute atomic E-state index is 14.4. The molecule has 0 unspecified atom stereocenters. The molecule has 30 heavy (non-hydrogen) atoms. The maximum atomic E-state index is 14.4. The summed E-state index contributed by atoms with van der Waals surface area (Å²) in [6, 6.07) is 9.13. The van der Waals surface area contributed by atoms with Crippen molar-refractivity contribution in [2.24, 2.45) is 5.92 Å². The summed E-state index contributed by atoms with van der Waals surface area (Å²) in [6.07, 6.45) is 11.9. The molecule has 0 N–H and O–H groups in total. The van der Waals surface area contributed by atoms with Crippen molar-refractivity contribution >= 4 is 6.08 Å². The van der Waals surface area contributed by atoms with Gasteiger partial charge in [-0.15, -0.1) is 0 Å². The van der Waals surface area contributed by atoms with Crippen molar-refractivity contribution in [2.45, 2.75) is 77.6 Å². The van der Waals surface area contributed by atoms with Gasteiger partial charge in [-0.3, -0.25) is 0 Å². The third-order valence-corrected chi connectivity index (χ3v) is 6.38. The normalized spacial score (nSPS) is 19.5. The van der Waals surface area contributed by atoms with E-state index in [1.54, 1.807) is 24.3 Å². The van der Waals surface area contributed by atoms with Gasteiger partial charge in [0.2, 0.25) is 0 Å². The Morgan fingerprint density at radius 1 is 0.833 bits per heavy atom. The Morgan fingerprint density at radius 3 is 2.23 bits per heavy atom. The second-order valence-corrected chi connectivity index (χ2v) is 8.62. The van der Waals surface area contributed by atoms with Gasteiger partial charge in [0.05, 0.1) is 0 Å². The largest absolute Gasteiger partial charge is 0.207 e. The quantitative estimate of drug-likeness (QED) is 0.407. The Kier molecular flexibility index (Phi) is 8.18. The van der Waals surface area contributed by atoms with E-state index >= 15 is 0 Å². The predicted molar refractivity (Wildman–Crippen MR) is 119 cm³/mol. The summed E-state index contributed by atoms with van der Waals surface area (Å²) in [4.78, 5) is 0. The number of unbranched alkanes of at least 4 members (excludes halogenated alkanes) is 1. The van der Waals surface area contributed by atoms with E-state index < -0.39 is 11.6 Å². The number of hydrogen-bond acceptors (Lipinski definition) is 0. The van der Waals surface area contributed by atoms with Crippen LogP contribution in [0, 0.1) is 23.4 Å². The molecule has 0 nitrogen and oxygen atoms in total. The molecular weight excluding hydrogens is 381 g/mol. The summed E-state index contributed by atoms with van der Waals surface area (Å²) < 4.78 is 42.8. The average molecular weight is 415 g/mol. The molecule has 0 heterocycles. The number of rotatable bonds is 8. The fourth-order valence-corrected chi connectivity index (χ4v) is 4.47. The van der Waals surface area contributed by atoms with Gasteiger partial charge >= 0.3 is 0 Å². The topological polar surface area (TPSA) is 0 Å². The summed E-state index contributed by atoms with van der Waals surface area (Å²) >= 11 is 0. The molecule has 2 aromatic carbocycles. The van der Waals surface area contributed by atoms with Crippen molar-refractivity contribution in [3.05, 3.63) is 76.1 Å². The fraction of sp³-hybridized carbons (Fsp3) is 0.481. The first-order chi connectivity index (χ1) is 14.5. The Balaban J connectivity index is 1.58. The Bertz CT molecular complexity index is 861. The molecular formula is C27H33F3. The van der Waals surface area contributed by atoms with Crippen LogP contribution >= 0.6 is 0 Å². The second-order valence-electron chi connectivity index (χ2n) is 8.62. The Morgan fingerprint density at radius 2 is 1.57 bits per heavy atom. The highest BCUT2D eigenvalue weighted by molar-refractivity contribution is 5.51. The molecule has 1 aliphatic carbocycles. The van der Waals surface area contributed by atoms with E-state index in [9.17, 15) is 13.2 Å². The zero-order valence-corrected chi connectivity index (χ0v) is 18.2. The van der Waals surface area contributed by atoms with Crippen LogP contribution in [0.5, 0.6) is 0 Å². The summed E-state index contributed by atoms with van der Waals surface area (Å²) in [5, 5.41) is 0. The van der Waals surface area contributed by atoms with Crippen molar-refractivity contribution in [1.29, 1.82) is 0 Å². The molecule has 1 fully saturated rings. The molecule has 0 atom stereocenters. The van der Waals surface area contributed by atoms with Crippen molar-refractivity contribution in [3.63, 3.8) is 0 Å². The molecule has 0 saturated heterocycles. The molecule has 3 heteroatoms. The predicted octanol–water partition coefficient (Wildman–Crippen LogP) is 8.39. The smallest absolute Gasteiger partial charge is 0.166 e. The van der Waals surface area contributed by atoms with Crippen molar-refractivity contribution in [3.8, 4) is 0 Å². The number of hydrogen-bond donors (Lipinski definition) is 0. The molecule has 162 valence electrons. The minimum Gasteiger partial charge on any atom is -0.207 e. The van der Waals surface area contributed by atoms with Crippen LogP contribution in [-0.2, 0) is 12.8 Å². The van der Waals surface area contributed by atoms with Crippen LogP contribution in [-0.4, -0.2) is 0 Å². The van der Waals surface area contributed by atoms with Crippen molar-refractivity contribution in [2.75, 3.05) is 0 Å². The number of benzene rings is 2. The SMILES string of the molecule is CCCCc1ccc(C2CCC(/C=C/c3ccc(CCC)c(F)c3F)CC2)cc1F. The third-order valence-electron chi connectivity index (χ3n) is 6.38. The van der Waals surface area contributed by atoms with Gasteiger partial charge in [0.1, 0.15) is 5.82 Å². The van der Waals surface area contributed by atoms with Crippen LogP contribution in [0.25, 0.3) is 6.08 Å². The van der Waals surface area contributed by atoms with E-state index in [-0.39, 0.29) is 5.82 Å².